The molecule has 1 aliphatic heterocycles. The molecule has 16 heavy (non-hydrogen) atoms. The lowest BCUT2D eigenvalue weighted by molar-refractivity contribution is -0.114. The Labute approximate surface area is 96.0 Å². The van der Waals surface area contributed by atoms with E-state index in [9.17, 15) is 4.79 Å². The molecule has 0 radical (unpaired) electrons. The highest BCUT2D eigenvalue weighted by Crippen LogP contribution is 2.24. The van der Waals surface area contributed by atoms with Gasteiger partial charge in [0, 0.05) is 38.1 Å². The van der Waals surface area contributed by atoms with E-state index in [2.05, 4.69) is 0 Å². The second kappa shape index (κ2) is 4.39. The molecule has 1 fully saturated rings. The van der Waals surface area contributed by atoms with Crippen molar-refractivity contribution in [2.24, 2.45) is 0 Å². The van der Waals surface area contributed by atoms with Crippen LogP contribution < -0.4 is 4.90 Å². The van der Waals surface area contributed by atoms with Crippen molar-refractivity contribution in [2.75, 3.05) is 25.5 Å². The Hall–Kier alpha value is -1.77. The molecule has 0 unspecified atom stereocenters. The molecule has 0 spiro atoms. The smallest absolute Gasteiger partial charge is 0.255 e. The number of benzene rings is 1. The van der Waals surface area contributed by atoms with E-state index in [1.165, 1.54) is 0 Å². The fraction of sp³-hybridized carbons (Fsp3) is 0.308. The van der Waals surface area contributed by atoms with Crippen molar-refractivity contribution in [2.45, 2.75) is 6.42 Å². The van der Waals surface area contributed by atoms with Gasteiger partial charge in [0.15, 0.2) is 0 Å². The Morgan fingerprint density at radius 3 is 2.56 bits per heavy atom. The summed E-state index contributed by atoms with van der Waals surface area (Å²) >= 11 is 0. The highest BCUT2D eigenvalue weighted by Gasteiger charge is 2.26. The van der Waals surface area contributed by atoms with Crippen molar-refractivity contribution in [3.63, 3.8) is 0 Å². The fourth-order valence-corrected chi connectivity index (χ4v) is 1.90. The first-order chi connectivity index (χ1) is 7.68. The number of para-hydroxylation sites is 1. The summed E-state index contributed by atoms with van der Waals surface area (Å²) in [5.41, 5.74) is 1.86. The van der Waals surface area contributed by atoms with Gasteiger partial charge in [-0.15, -0.1) is 0 Å². The van der Waals surface area contributed by atoms with Crippen molar-refractivity contribution in [1.82, 2.24) is 4.90 Å². The lowest BCUT2D eigenvalue weighted by atomic mass is 10.2. The van der Waals surface area contributed by atoms with Crippen molar-refractivity contribution in [1.29, 1.82) is 0 Å². The van der Waals surface area contributed by atoms with E-state index < -0.39 is 0 Å². The lowest BCUT2D eigenvalue weighted by Gasteiger charge is -2.15. The Morgan fingerprint density at radius 1 is 1.25 bits per heavy atom. The van der Waals surface area contributed by atoms with Crippen molar-refractivity contribution in [3.05, 3.63) is 42.1 Å². The molecule has 84 valence electrons. The summed E-state index contributed by atoms with van der Waals surface area (Å²) in [6.07, 6.45) is 2.73. The van der Waals surface area contributed by atoms with E-state index >= 15 is 0 Å². The number of carbonyl (C=O) groups is 1. The zero-order valence-corrected chi connectivity index (χ0v) is 9.68. The average Bonchev–Trinajstić information content (AvgIpc) is 2.61. The van der Waals surface area contributed by atoms with Crippen LogP contribution in [-0.2, 0) is 4.79 Å². The maximum Gasteiger partial charge on any atom is 0.255 e. The fourth-order valence-electron chi connectivity index (χ4n) is 1.90. The summed E-state index contributed by atoms with van der Waals surface area (Å²) in [5.74, 6) is 0.125. The van der Waals surface area contributed by atoms with Crippen LogP contribution in [0.3, 0.4) is 0 Å². The maximum absolute atomic E-state index is 12.1. The molecule has 0 saturated carbocycles. The minimum absolute atomic E-state index is 0.125. The van der Waals surface area contributed by atoms with E-state index in [-0.39, 0.29) is 5.91 Å². The van der Waals surface area contributed by atoms with E-state index in [1.54, 1.807) is 0 Å². The molecule has 0 aliphatic carbocycles. The average molecular weight is 216 g/mol. The predicted octanol–water partition coefficient (Wildman–Crippen LogP) is 1.87. The quantitative estimate of drug-likeness (QED) is 0.705. The van der Waals surface area contributed by atoms with E-state index in [0.717, 1.165) is 24.2 Å². The minimum atomic E-state index is 0.125. The van der Waals surface area contributed by atoms with Gasteiger partial charge in [-0.05, 0) is 18.6 Å². The third-order valence-electron chi connectivity index (χ3n) is 2.61. The molecule has 0 bridgehead atoms. The molecular formula is C13H16N2O. The molecule has 1 heterocycles. The van der Waals surface area contributed by atoms with Crippen molar-refractivity contribution in [3.8, 4) is 0 Å². The molecule has 1 saturated heterocycles. The molecule has 3 heteroatoms. The molecular weight excluding hydrogens is 200 g/mol. The van der Waals surface area contributed by atoms with Gasteiger partial charge in [-0.3, -0.25) is 4.79 Å². The number of hydrogen-bond donors (Lipinski definition) is 0. The van der Waals surface area contributed by atoms with Gasteiger partial charge in [0.2, 0.25) is 0 Å². The van der Waals surface area contributed by atoms with Crippen LogP contribution in [0.1, 0.15) is 6.42 Å². The number of nitrogens with zero attached hydrogens (tertiary/aromatic N) is 2. The summed E-state index contributed by atoms with van der Waals surface area (Å²) < 4.78 is 0. The summed E-state index contributed by atoms with van der Waals surface area (Å²) in [5, 5.41) is 0. The SMILES string of the molecule is CN(C)/C=C1/CCN(c2ccccc2)C1=O. The van der Waals surface area contributed by atoms with Crippen LogP contribution in [0, 0.1) is 0 Å². The largest absolute Gasteiger partial charge is 0.383 e. The number of carbonyl (C=O) groups excluding carboxylic acids is 1. The van der Waals surface area contributed by atoms with Crippen LogP contribution in [0.4, 0.5) is 5.69 Å². The number of anilines is 1. The molecule has 1 amide bonds. The number of amides is 1. The molecule has 0 atom stereocenters. The van der Waals surface area contributed by atoms with Gasteiger partial charge in [0.1, 0.15) is 0 Å². The molecule has 3 nitrogen and oxygen atoms in total. The topological polar surface area (TPSA) is 23.6 Å². The monoisotopic (exact) mass is 216 g/mol. The normalized spacial score (nSPS) is 18.2. The van der Waals surface area contributed by atoms with Gasteiger partial charge in [0.25, 0.3) is 5.91 Å². The van der Waals surface area contributed by atoms with Gasteiger partial charge in [-0.25, -0.2) is 0 Å². The van der Waals surface area contributed by atoms with E-state index in [4.69, 9.17) is 0 Å². The number of rotatable bonds is 2. The van der Waals surface area contributed by atoms with Gasteiger partial charge in [-0.2, -0.15) is 0 Å². The van der Waals surface area contributed by atoms with E-state index in [1.807, 2.05) is 60.4 Å². The second-order valence-electron chi connectivity index (χ2n) is 4.16. The first-order valence-electron chi connectivity index (χ1n) is 5.42. The third-order valence-corrected chi connectivity index (χ3v) is 2.61. The second-order valence-corrected chi connectivity index (χ2v) is 4.16. The molecule has 0 aromatic heterocycles. The lowest BCUT2D eigenvalue weighted by Crippen LogP contribution is -2.24. The standard InChI is InChI=1S/C13H16N2O/c1-14(2)10-11-8-9-15(13(11)16)12-6-4-3-5-7-12/h3-7,10H,8-9H2,1-2H3/b11-10-. The van der Waals surface area contributed by atoms with Crippen LogP contribution in [0.2, 0.25) is 0 Å². The molecule has 1 aliphatic rings. The summed E-state index contributed by atoms with van der Waals surface area (Å²) in [6.45, 7) is 0.780. The first kappa shape index (κ1) is 10.7. The molecule has 2 rings (SSSR count). The molecule has 1 aromatic carbocycles. The van der Waals surface area contributed by atoms with Crippen LogP contribution in [0.5, 0.6) is 0 Å². The van der Waals surface area contributed by atoms with Crippen LogP contribution in [0.25, 0.3) is 0 Å². The summed E-state index contributed by atoms with van der Waals surface area (Å²) in [4.78, 5) is 15.8. The maximum atomic E-state index is 12.1. The van der Waals surface area contributed by atoms with Gasteiger partial charge in [0.05, 0.1) is 0 Å². The molecule has 1 aromatic rings. The third kappa shape index (κ3) is 2.08. The summed E-state index contributed by atoms with van der Waals surface area (Å²) in [6, 6.07) is 9.81. The zero-order chi connectivity index (χ0) is 11.5. The highest BCUT2D eigenvalue weighted by molar-refractivity contribution is 6.07. The number of hydrogen-bond acceptors (Lipinski definition) is 2. The minimum Gasteiger partial charge on any atom is -0.383 e. The van der Waals surface area contributed by atoms with Crippen LogP contribution in [0.15, 0.2) is 42.1 Å². The molecule has 0 N–H and O–H groups in total. The predicted molar refractivity (Wildman–Crippen MR) is 65.2 cm³/mol. The van der Waals surface area contributed by atoms with Gasteiger partial charge < -0.3 is 9.80 Å². The van der Waals surface area contributed by atoms with Gasteiger partial charge in [-0.1, -0.05) is 18.2 Å². The van der Waals surface area contributed by atoms with Gasteiger partial charge >= 0.3 is 0 Å². The summed E-state index contributed by atoms with van der Waals surface area (Å²) in [7, 11) is 3.87. The van der Waals surface area contributed by atoms with Crippen molar-refractivity contribution < 1.29 is 4.79 Å². The van der Waals surface area contributed by atoms with Crippen molar-refractivity contribution >= 4 is 11.6 Å². The Bertz CT molecular complexity index is 409. The Balaban J connectivity index is 2.20. The first-order valence-corrected chi connectivity index (χ1v) is 5.42. The zero-order valence-electron chi connectivity index (χ0n) is 9.68. The van der Waals surface area contributed by atoms with Crippen LogP contribution in [-0.4, -0.2) is 31.4 Å². The Morgan fingerprint density at radius 2 is 1.94 bits per heavy atom. The Kier molecular flexibility index (Phi) is 2.95. The van der Waals surface area contributed by atoms with E-state index in [0.29, 0.717) is 0 Å². The highest BCUT2D eigenvalue weighted by atomic mass is 16.2. The van der Waals surface area contributed by atoms with Crippen LogP contribution >= 0.6 is 0 Å².